The first-order chi connectivity index (χ1) is 9.13. The summed E-state index contributed by atoms with van der Waals surface area (Å²) in [5.41, 5.74) is 7.27. The topological polar surface area (TPSA) is 84.0 Å². The Balaban J connectivity index is 2.41. The van der Waals surface area contributed by atoms with Crippen LogP contribution >= 0.6 is 11.6 Å². The van der Waals surface area contributed by atoms with Crippen LogP contribution in [0.1, 0.15) is 5.56 Å². The quantitative estimate of drug-likeness (QED) is 0.899. The third-order valence-corrected chi connectivity index (χ3v) is 2.70. The number of hydrogen-bond donors (Lipinski definition) is 2. The van der Waals surface area contributed by atoms with Crippen molar-refractivity contribution >= 4 is 28.8 Å². The Morgan fingerprint density at radius 2 is 2.16 bits per heavy atom. The molecule has 2 rings (SSSR count). The van der Waals surface area contributed by atoms with Gasteiger partial charge in [-0.3, -0.25) is 0 Å². The molecule has 0 aliphatic rings. The number of nitrogens with one attached hydrogen (secondary N) is 1. The Morgan fingerprint density at radius 3 is 2.84 bits per heavy atom. The fraction of sp³-hybridized carbons (Fsp3) is 0.0769. The van der Waals surface area contributed by atoms with Crippen LogP contribution in [0, 0.1) is 11.3 Å². The van der Waals surface area contributed by atoms with E-state index in [9.17, 15) is 0 Å². The van der Waals surface area contributed by atoms with Gasteiger partial charge in [0.1, 0.15) is 6.07 Å². The van der Waals surface area contributed by atoms with E-state index in [0.717, 1.165) is 0 Å². The number of ether oxygens (including phenoxy) is 1. The number of rotatable bonds is 3. The van der Waals surface area contributed by atoms with Gasteiger partial charge in [0.15, 0.2) is 5.82 Å². The molecule has 0 fully saturated rings. The van der Waals surface area contributed by atoms with Crippen molar-refractivity contribution in [3.05, 3.63) is 40.9 Å². The molecular weight excluding hydrogens is 264 g/mol. The highest BCUT2D eigenvalue weighted by Gasteiger charge is 2.08. The lowest BCUT2D eigenvalue weighted by Gasteiger charge is -2.11. The molecule has 0 spiro atoms. The Morgan fingerprint density at radius 1 is 1.37 bits per heavy atom. The van der Waals surface area contributed by atoms with E-state index in [0.29, 0.717) is 33.7 Å². The van der Waals surface area contributed by atoms with Gasteiger partial charge in [-0.05, 0) is 24.3 Å². The molecule has 0 aliphatic carbocycles. The summed E-state index contributed by atoms with van der Waals surface area (Å²) >= 11 is 5.91. The highest BCUT2D eigenvalue weighted by Crippen LogP contribution is 2.27. The molecular formula is C13H11ClN4O. The Kier molecular flexibility index (Phi) is 3.74. The van der Waals surface area contributed by atoms with Crippen LogP contribution in [0.3, 0.4) is 0 Å². The minimum atomic E-state index is 0.415. The Labute approximate surface area is 115 Å². The number of nitriles is 1. The number of pyridine rings is 1. The summed E-state index contributed by atoms with van der Waals surface area (Å²) in [6, 6.07) is 10.3. The van der Waals surface area contributed by atoms with Crippen molar-refractivity contribution in [2.45, 2.75) is 0 Å². The van der Waals surface area contributed by atoms with E-state index in [2.05, 4.69) is 16.4 Å². The Bertz CT molecular complexity index is 652. The number of nitrogens with two attached hydrogens (primary N) is 1. The second kappa shape index (κ2) is 5.46. The summed E-state index contributed by atoms with van der Waals surface area (Å²) < 4.78 is 5.03. The van der Waals surface area contributed by atoms with Crippen LogP contribution in [0.25, 0.3) is 0 Å². The number of hydrogen-bond acceptors (Lipinski definition) is 5. The fourth-order valence-electron chi connectivity index (χ4n) is 1.51. The molecule has 96 valence electrons. The molecule has 19 heavy (non-hydrogen) atoms. The van der Waals surface area contributed by atoms with Crippen molar-refractivity contribution < 1.29 is 4.74 Å². The average molecular weight is 275 g/mol. The molecule has 1 heterocycles. The van der Waals surface area contributed by atoms with Crippen LogP contribution in [0.4, 0.5) is 17.2 Å². The van der Waals surface area contributed by atoms with Crippen LogP contribution in [-0.2, 0) is 0 Å². The Hall–Kier alpha value is -2.45. The van der Waals surface area contributed by atoms with Crippen LogP contribution in [-0.4, -0.2) is 12.1 Å². The van der Waals surface area contributed by atoms with E-state index in [1.165, 1.54) is 7.11 Å². The van der Waals surface area contributed by atoms with Gasteiger partial charge in [-0.2, -0.15) is 10.2 Å². The maximum atomic E-state index is 9.05. The van der Waals surface area contributed by atoms with Gasteiger partial charge in [0, 0.05) is 11.1 Å². The van der Waals surface area contributed by atoms with E-state index in [-0.39, 0.29) is 0 Å². The standard InChI is InChI=1S/C13H11ClN4O/c1-19-12-5-4-10(16)13(18-12)17-11-6-9(14)3-2-8(11)7-15/h2-6H,16H2,1H3,(H,17,18). The second-order valence-corrected chi connectivity index (χ2v) is 4.15. The fourth-order valence-corrected chi connectivity index (χ4v) is 1.68. The van der Waals surface area contributed by atoms with Crippen molar-refractivity contribution in [2.75, 3.05) is 18.2 Å². The van der Waals surface area contributed by atoms with Gasteiger partial charge in [-0.15, -0.1) is 0 Å². The first kappa shape index (κ1) is 13.0. The zero-order valence-corrected chi connectivity index (χ0v) is 10.9. The van der Waals surface area contributed by atoms with Gasteiger partial charge in [-0.25, -0.2) is 0 Å². The van der Waals surface area contributed by atoms with Crippen LogP contribution in [0.5, 0.6) is 5.88 Å². The van der Waals surface area contributed by atoms with Crippen LogP contribution in [0.15, 0.2) is 30.3 Å². The highest BCUT2D eigenvalue weighted by molar-refractivity contribution is 6.30. The van der Waals surface area contributed by atoms with Crippen LogP contribution in [0.2, 0.25) is 5.02 Å². The molecule has 0 radical (unpaired) electrons. The molecule has 0 saturated carbocycles. The minimum Gasteiger partial charge on any atom is -0.481 e. The smallest absolute Gasteiger partial charge is 0.215 e. The van der Waals surface area contributed by atoms with Crippen LogP contribution < -0.4 is 15.8 Å². The zero-order chi connectivity index (χ0) is 13.8. The predicted molar refractivity (Wildman–Crippen MR) is 74.7 cm³/mol. The van der Waals surface area contributed by atoms with Gasteiger partial charge >= 0.3 is 0 Å². The zero-order valence-electron chi connectivity index (χ0n) is 10.1. The van der Waals surface area contributed by atoms with Crippen molar-refractivity contribution in [1.29, 1.82) is 5.26 Å². The summed E-state index contributed by atoms with van der Waals surface area (Å²) in [5, 5.41) is 12.5. The SMILES string of the molecule is COc1ccc(N)c(Nc2cc(Cl)ccc2C#N)n1. The number of aromatic nitrogens is 1. The van der Waals surface area contributed by atoms with Crippen molar-refractivity contribution in [3.8, 4) is 11.9 Å². The van der Waals surface area contributed by atoms with Gasteiger partial charge in [-0.1, -0.05) is 11.6 Å². The van der Waals surface area contributed by atoms with E-state index in [1.54, 1.807) is 30.3 Å². The maximum Gasteiger partial charge on any atom is 0.215 e. The third kappa shape index (κ3) is 2.87. The molecule has 2 aromatic rings. The van der Waals surface area contributed by atoms with Gasteiger partial charge < -0.3 is 15.8 Å². The van der Waals surface area contributed by atoms with E-state index in [1.807, 2.05) is 0 Å². The minimum absolute atomic E-state index is 0.415. The molecule has 1 aromatic heterocycles. The molecule has 0 atom stereocenters. The number of anilines is 3. The van der Waals surface area contributed by atoms with Crippen molar-refractivity contribution in [1.82, 2.24) is 4.98 Å². The van der Waals surface area contributed by atoms with E-state index in [4.69, 9.17) is 27.3 Å². The maximum absolute atomic E-state index is 9.05. The molecule has 1 aromatic carbocycles. The largest absolute Gasteiger partial charge is 0.481 e. The van der Waals surface area contributed by atoms with Crippen molar-refractivity contribution in [2.24, 2.45) is 0 Å². The summed E-state index contributed by atoms with van der Waals surface area (Å²) in [6.07, 6.45) is 0. The average Bonchev–Trinajstić information content (AvgIpc) is 2.41. The molecule has 0 amide bonds. The summed E-state index contributed by atoms with van der Waals surface area (Å²) in [5.74, 6) is 0.843. The van der Waals surface area contributed by atoms with Gasteiger partial charge in [0.2, 0.25) is 5.88 Å². The molecule has 6 heteroatoms. The molecule has 5 nitrogen and oxygen atoms in total. The molecule has 0 aliphatic heterocycles. The molecule has 3 N–H and O–H groups in total. The number of nitrogen functional groups attached to an aromatic ring is 1. The number of benzene rings is 1. The lowest BCUT2D eigenvalue weighted by atomic mass is 10.2. The number of halogens is 1. The van der Waals surface area contributed by atoms with E-state index >= 15 is 0 Å². The van der Waals surface area contributed by atoms with Crippen molar-refractivity contribution in [3.63, 3.8) is 0 Å². The van der Waals surface area contributed by atoms with Gasteiger partial charge in [0.05, 0.1) is 24.0 Å². The summed E-state index contributed by atoms with van der Waals surface area (Å²) in [6.45, 7) is 0. The normalized spacial score (nSPS) is 9.74. The second-order valence-electron chi connectivity index (χ2n) is 3.72. The number of nitrogens with zero attached hydrogens (tertiary/aromatic N) is 2. The summed E-state index contributed by atoms with van der Waals surface area (Å²) in [7, 11) is 1.52. The number of methoxy groups -OCH3 is 1. The monoisotopic (exact) mass is 274 g/mol. The third-order valence-electron chi connectivity index (χ3n) is 2.47. The molecule has 0 unspecified atom stereocenters. The lowest BCUT2D eigenvalue weighted by molar-refractivity contribution is 0.398. The molecule has 0 bridgehead atoms. The van der Waals surface area contributed by atoms with E-state index < -0.39 is 0 Å². The first-order valence-corrected chi connectivity index (χ1v) is 5.79. The predicted octanol–water partition coefficient (Wildman–Crippen LogP) is 2.94. The lowest BCUT2D eigenvalue weighted by Crippen LogP contribution is -2.02. The highest BCUT2D eigenvalue weighted by atomic mass is 35.5. The summed E-state index contributed by atoms with van der Waals surface area (Å²) in [4.78, 5) is 4.18. The molecule has 0 saturated heterocycles. The first-order valence-electron chi connectivity index (χ1n) is 5.41. The van der Waals surface area contributed by atoms with Gasteiger partial charge in [0.25, 0.3) is 0 Å².